The Bertz CT molecular complexity index is 845. The van der Waals surface area contributed by atoms with Crippen LogP contribution >= 0.6 is 0 Å². The Morgan fingerprint density at radius 1 is 1.19 bits per heavy atom. The van der Waals surface area contributed by atoms with Crippen LogP contribution in [0.1, 0.15) is 48.7 Å². The molecule has 2 N–H and O–H groups in total. The second-order valence-electron chi connectivity index (χ2n) is 6.93. The first kappa shape index (κ1) is 20.3. The zero-order valence-corrected chi connectivity index (χ0v) is 16.0. The smallest absolute Gasteiger partial charge is 0.185 e. The number of ether oxygens (including phenoxy) is 1. The van der Waals surface area contributed by atoms with Gasteiger partial charge < -0.3 is 14.9 Å². The topological polar surface area (TPSA) is 66.8 Å². The number of rotatable bonds is 8. The van der Waals surface area contributed by atoms with Crippen LogP contribution in [0.4, 0.5) is 0 Å². The summed E-state index contributed by atoms with van der Waals surface area (Å²) in [5.74, 6) is 0.579. The molecule has 0 saturated carbocycles. The third-order valence-electron chi connectivity index (χ3n) is 4.36. The molecule has 0 aliphatic rings. The summed E-state index contributed by atoms with van der Waals surface area (Å²) in [5.41, 5.74) is 1.46. The van der Waals surface area contributed by atoms with Crippen LogP contribution in [0.15, 0.2) is 55.1 Å². The van der Waals surface area contributed by atoms with Crippen molar-refractivity contribution >= 4 is 11.9 Å². The maximum Gasteiger partial charge on any atom is 0.185 e. The van der Waals surface area contributed by atoms with Gasteiger partial charge in [0.1, 0.15) is 17.2 Å². The van der Waals surface area contributed by atoms with Crippen molar-refractivity contribution in [3.63, 3.8) is 0 Å². The summed E-state index contributed by atoms with van der Waals surface area (Å²) >= 11 is 0. The van der Waals surface area contributed by atoms with E-state index in [2.05, 4.69) is 6.58 Å². The van der Waals surface area contributed by atoms with Gasteiger partial charge in [-0.1, -0.05) is 26.8 Å². The zero-order valence-electron chi connectivity index (χ0n) is 16.0. The van der Waals surface area contributed by atoms with Crippen LogP contribution in [0.3, 0.4) is 0 Å². The van der Waals surface area contributed by atoms with E-state index in [1.807, 2.05) is 26.8 Å². The first-order chi connectivity index (χ1) is 12.8. The summed E-state index contributed by atoms with van der Waals surface area (Å²) in [4.78, 5) is 12.4. The highest BCUT2D eigenvalue weighted by atomic mass is 16.5. The third kappa shape index (κ3) is 5.00. The third-order valence-corrected chi connectivity index (χ3v) is 4.36. The molecular weight excluding hydrogens is 340 g/mol. The van der Waals surface area contributed by atoms with Crippen molar-refractivity contribution in [1.82, 2.24) is 0 Å². The number of carbonyl (C=O) groups excluding carboxylic acids is 1. The van der Waals surface area contributed by atoms with Crippen LogP contribution in [0.25, 0.3) is 6.08 Å². The molecule has 142 valence electrons. The summed E-state index contributed by atoms with van der Waals surface area (Å²) < 4.78 is 5.74. The van der Waals surface area contributed by atoms with Crippen molar-refractivity contribution in [2.45, 2.75) is 32.6 Å². The van der Waals surface area contributed by atoms with E-state index in [0.717, 1.165) is 6.42 Å². The highest BCUT2D eigenvalue weighted by Gasteiger charge is 2.22. The largest absolute Gasteiger partial charge is 0.508 e. The molecule has 0 heterocycles. The fourth-order valence-electron chi connectivity index (χ4n) is 2.57. The van der Waals surface area contributed by atoms with Crippen molar-refractivity contribution in [2.24, 2.45) is 0 Å². The molecule has 4 nitrogen and oxygen atoms in total. The predicted molar refractivity (Wildman–Crippen MR) is 109 cm³/mol. The van der Waals surface area contributed by atoms with Gasteiger partial charge in [0.15, 0.2) is 5.78 Å². The summed E-state index contributed by atoms with van der Waals surface area (Å²) in [5, 5.41) is 19.8. The number of benzene rings is 2. The van der Waals surface area contributed by atoms with Crippen LogP contribution in [0, 0.1) is 0 Å². The minimum Gasteiger partial charge on any atom is -0.508 e. The van der Waals surface area contributed by atoms with Crippen LogP contribution in [-0.2, 0) is 5.41 Å². The molecule has 27 heavy (non-hydrogen) atoms. The van der Waals surface area contributed by atoms with Crippen molar-refractivity contribution < 1.29 is 19.7 Å². The average molecular weight is 366 g/mol. The molecule has 0 bridgehead atoms. The first-order valence-electron chi connectivity index (χ1n) is 8.93. The Labute approximate surface area is 160 Å². The fourth-order valence-corrected chi connectivity index (χ4v) is 2.57. The molecule has 4 heteroatoms. The number of hydrogen-bond donors (Lipinski definition) is 2. The second kappa shape index (κ2) is 8.58. The summed E-state index contributed by atoms with van der Waals surface area (Å²) in [6, 6.07) is 9.49. The van der Waals surface area contributed by atoms with E-state index in [0.29, 0.717) is 29.0 Å². The highest BCUT2D eigenvalue weighted by molar-refractivity contribution is 6.07. The van der Waals surface area contributed by atoms with E-state index < -0.39 is 5.41 Å². The van der Waals surface area contributed by atoms with E-state index in [4.69, 9.17) is 4.74 Å². The minimum absolute atomic E-state index is 0.112. The minimum atomic E-state index is -0.434. The number of carbonyl (C=O) groups is 1. The van der Waals surface area contributed by atoms with E-state index in [9.17, 15) is 15.0 Å². The van der Waals surface area contributed by atoms with E-state index in [-0.39, 0.29) is 17.3 Å². The van der Waals surface area contributed by atoms with Crippen LogP contribution in [-0.4, -0.2) is 22.6 Å². The zero-order chi connectivity index (χ0) is 20.0. The Morgan fingerprint density at radius 2 is 1.85 bits per heavy atom. The predicted octanol–water partition coefficient (Wildman–Crippen LogP) is 5.25. The Balaban J connectivity index is 2.42. The lowest BCUT2D eigenvalue weighted by Crippen LogP contribution is -2.13. The molecule has 0 fully saturated rings. The number of phenolic OH excluding ortho intramolecular Hbond substituents is 2. The molecule has 0 saturated heterocycles. The number of aromatic hydroxyl groups is 2. The van der Waals surface area contributed by atoms with E-state index in [1.54, 1.807) is 30.4 Å². The monoisotopic (exact) mass is 366 g/mol. The number of allylic oxidation sites excluding steroid dienone is 2. The van der Waals surface area contributed by atoms with Gasteiger partial charge in [0.2, 0.25) is 0 Å². The average Bonchev–Trinajstić information content (AvgIpc) is 2.65. The van der Waals surface area contributed by atoms with Gasteiger partial charge in [0.05, 0.1) is 6.61 Å². The molecule has 0 aliphatic heterocycles. The molecule has 0 radical (unpaired) electrons. The first-order valence-corrected chi connectivity index (χ1v) is 8.93. The van der Waals surface area contributed by atoms with Crippen LogP contribution in [0.2, 0.25) is 0 Å². The van der Waals surface area contributed by atoms with Gasteiger partial charge in [-0.25, -0.2) is 0 Å². The van der Waals surface area contributed by atoms with Crippen LogP contribution in [0.5, 0.6) is 17.2 Å². The van der Waals surface area contributed by atoms with Gasteiger partial charge in [-0.15, -0.1) is 6.58 Å². The van der Waals surface area contributed by atoms with Gasteiger partial charge >= 0.3 is 0 Å². The van der Waals surface area contributed by atoms with Crippen molar-refractivity contribution in [3.05, 3.63) is 71.8 Å². The second-order valence-corrected chi connectivity index (χ2v) is 6.93. The molecular formula is C23H26O4. The van der Waals surface area contributed by atoms with Gasteiger partial charge in [-0.2, -0.15) is 0 Å². The lowest BCUT2D eigenvalue weighted by molar-refractivity contribution is 0.104. The van der Waals surface area contributed by atoms with E-state index >= 15 is 0 Å². The lowest BCUT2D eigenvalue weighted by atomic mass is 9.83. The quantitative estimate of drug-likeness (QED) is 0.381. The van der Waals surface area contributed by atoms with Crippen molar-refractivity contribution in [3.8, 4) is 17.2 Å². The number of ketones is 1. The number of hydrogen-bond acceptors (Lipinski definition) is 4. The number of phenols is 2. The van der Waals surface area contributed by atoms with Crippen LogP contribution < -0.4 is 4.74 Å². The summed E-state index contributed by atoms with van der Waals surface area (Å²) in [7, 11) is 0. The normalized spacial score (nSPS) is 11.5. The highest BCUT2D eigenvalue weighted by Crippen LogP contribution is 2.37. The molecule has 2 aromatic rings. The standard InChI is InChI=1S/C23H26O4/c1-5-13-27-22-15-21(26)19(23(3,4)6-2)14-17(22)9-12-20(25)16-7-10-18(24)11-8-16/h6-12,14-15,24,26H,2,5,13H2,1,3-4H3/b12-9+. The molecule has 0 aliphatic carbocycles. The van der Waals surface area contributed by atoms with E-state index in [1.165, 1.54) is 18.2 Å². The van der Waals surface area contributed by atoms with Gasteiger partial charge in [0.25, 0.3) is 0 Å². The molecule has 0 unspecified atom stereocenters. The molecule has 2 rings (SSSR count). The van der Waals surface area contributed by atoms with Gasteiger partial charge in [-0.3, -0.25) is 4.79 Å². The molecule has 2 aromatic carbocycles. The molecule has 0 atom stereocenters. The molecule has 0 spiro atoms. The molecule has 0 amide bonds. The van der Waals surface area contributed by atoms with Crippen molar-refractivity contribution in [2.75, 3.05) is 6.61 Å². The van der Waals surface area contributed by atoms with Gasteiger partial charge in [-0.05, 0) is 48.9 Å². The summed E-state index contributed by atoms with van der Waals surface area (Å²) in [6.45, 7) is 10.3. The Morgan fingerprint density at radius 3 is 2.44 bits per heavy atom. The molecule has 0 aromatic heterocycles. The Hall–Kier alpha value is -3.01. The summed E-state index contributed by atoms with van der Waals surface area (Å²) in [6.07, 6.45) is 5.74. The van der Waals surface area contributed by atoms with Gasteiger partial charge in [0, 0.05) is 28.2 Å². The SMILES string of the molecule is C=CC(C)(C)c1cc(/C=C/C(=O)c2ccc(O)cc2)c(OCCC)cc1O. The lowest BCUT2D eigenvalue weighted by Gasteiger charge is -2.23. The Kier molecular flexibility index (Phi) is 6.45. The van der Waals surface area contributed by atoms with Crippen molar-refractivity contribution in [1.29, 1.82) is 0 Å². The maximum atomic E-state index is 12.4. The fraction of sp³-hybridized carbons (Fsp3) is 0.261. The maximum absolute atomic E-state index is 12.4.